The summed E-state index contributed by atoms with van der Waals surface area (Å²) in [5, 5.41) is 3.18. The lowest BCUT2D eigenvalue weighted by molar-refractivity contribution is 0.0819. The highest BCUT2D eigenvalue weighted by molar-refractivity contribution is 9.10. The van der Waals surface area contributed by atoms with Crippen LogP contribution < -0.4 is 10.1 Å². The number of rotatable bonds is 4. The zero-order chi connectivity index (χ0) is 15.6. The van der Waals surface area contributed by atoms with E-state index in [-0.39, 0.29) is 11.4 Å². The molecule has 1 aromatic heterocycles. The summed E-state index contributed by atoms with van der Waals surface area (Å²) in [5.41, 5.74) is 1.30. The van der Waals surface area contributed by atoms with Gasteiger partial charge >= 0.3 is 0 Å². The Hall–Kier alpha value is -1.88. The summed E-state index contributed by atoms with van der Waals surface area (Å²) >= 11 is 3.50. The lowest BCUT2D eigenvalue weighted by Gasteiger charge is -2.43. The van der Waals surface area contributed by atoms with Crippen LogP contribution in [0.25, 0.3) is 0 Å². The highest BCUT2D eigenvalue weighted by Gasteiger charge is 2.40. The van der Waals surface area contributed by atoms with Crippen LogP contribution >= 0.6 is 15.9 Å². The Balaban J connectivity index is 1.88. The first kappa shape index (κ1) is 15.0. The predicted octanol–water partition coefficient (Wildman–Crippen LogP) is 3.66. The molecule has 1 aromatic carbocycles. The van der Waals surface area contributed by atoms with Gasteiger partial charge in [-0.2, -0.15) is 0 Å². The maximum absolute atomic E-state index is 12.6. The Morgan fingerprint density at radius 1 is 1.32 bits per heavy atom. The van der Waals surface area contributed by atoms with E-state index in [1.54, 1.807) is 18.3 Å². The van der Waals surface area contributed by atoms with Gasteiger partial charge in [-0.3, -0.25) is 4.79 Å². The highest BCUT2D eigenvalue weighted by atomic mass is 79.9. The molecule has 1 saturated carbocycles. The molecule has 114 valence electrons. The number of nitrogens with one attached hydrogen (secondary N) is 1. The van der Waals surface area contributed by atoms with Gasteiger partial charge in [0.1, 0.15) is 5.56 Å². The van der Waals surface area contributed by atoms with Crippen molar-refractivity contribution < 1.29 is 9.53 Å². The van der Waals surface area contributed by atoms with E-state index in [1.165, 1.54) is 7.11 Å². The Kier molecular flexibility index (Phi) is 4.16. The molecule has 1 aliphatic rings. The molecule has 0 unspecified atom stereocenters. The fraction of sp³-hybridized carbons (Fsp3) is 0.294. The molecule has 0 spiro atoms. The molecule has 1 fully saturated rings. The second-order valence-electron chi connectivity index (χ2n) is 5.46. The second-order valence-corrected chi connectivity index (χ2v) is 6.38. The maximum atomic E-state index is 12.6. The van der Waals surface area contributed by atoms with Crippen LogP contribution in [0.3, 0.4) is 0 Å². The maximum Gasteiger partial charge on any atom is 0.257 e. The minimum absolute atomic E-state index is 0.148. The number of aromatic nitrogens is 1. The summed E-state index contributed by atoms with van der Waals surface area (Å²) in [6.45, 7) is 0. The van der Waals surface area contributed by atoms with Crippen LogP contribution in [0.1, 0.15) is 35.2 Å². The molecule has 5 heteroatoms. The first-order valence-electron chi connectivity index (χ1n) is 7.22. The van der Waals surface area contributed by atoms with Crippen LogP contribution in [0.4, 0.5) is 0 Å². The van der Waals surface area contributed by atoms with Crippen LogP contribution in [0.2, 0.25) is 0 Å². The van der Waals surface area contributed by atoms with E-state index in [0.717, 1.165) is 29.3 Å². The van der Waals surface area contributed by atoms with E-state index < -0.39 is 0 Å². The Morgan fingerprint density at radius 2 is 2.14 bits per heavy atom. The van der Waals surface area contributed by atoms with Crippen molar-refractivity contribution in [2.75, 3.05) is 7.11 Å². The number of benzene rings is 1. The smallest absolute Gasteiger partial charge is 0.257 e. The van der Waals surface area contributed by atoms with Crippen molar-refractivity contribution in [2.24, 2.45) is 0 Å². The van der Waals surface area contributed by atoms with Crippen molar-refractivity contribution >= 4 is 21.8 Å². The molecule has 0 bridgehead atoms. The SMILES string of the molecule is COc1ncccc1C(=O)NC1(c2cccc(Br)c2)CCC1. The highest BCUT2D eigenvalue weighted by Crippen LogP contribution is 2.42. The van der Waals surface area contributed by atoms with E-state index in [1.807, 2.05) is 12.1 Å². The number of halogens is 1. The monoisotopic (exact) mass is 360 g/mol. The molecular formula is C17H17BrN2O2. The number of carbonyl (C=O) groups is 1. The summed E-state index contributed by atoms with van der Waals surface area (Å²) in [6.07, 6.45) is 4.61. The van der Waals surface area contributed by atoms with Crippen molar-refractivity contribution in [3.63, 3.8) is 0 Å². The molecule has 1 N–H and O–H groups in total. The van der Waals surface area contributed by atoms with Gasteiger partial charge in [0.15, 0.2) is 0 Å². The zero-order valence-corrected chi connectivity index (χ0v) is 13.9. The first-order chi connectivity index (χ1) is 10.6. The van der Waals surface area contributed by atoms with Crippen molar-refractivity contribution in [1.82, 2.24) is 10.3 Å². The molecular weight excluding hydrogens is 344 g/mol. The third-order valence-electron chi connectivity index (χ3n) is 4.15. The average molecular weight is 361 g/mol. The molecule has 0 aliphatic heterocycles. The molecule has 0 radical (unpaired) electrons. The standard InChI is InChI=1S/C17H17BrN2O2/c1-22-16-14(7-3-10-19-16)15(21)20-17(8-4-9-17)12-5-2-6-13(18)11-12/h2-3,5-7,10-11H,4,8-9H2,1H3,(H,20,21). The Bertz CT molecular complexity index is 699. The van der Waals surface area contributed by atoms with Crippen LogP contribution in [0.15, 0.2) is 47.1 Å². The van der Waals surface area contributed by atoms with Gasteiger partial charge in [0.2, 0.25) is 5.88 Å². The molecule has 0 atom stereocenters. The number of amides is 1. The van der Waals surface area contributed by atoms with Gasteiger partial charge in [-0.05, 0) is 49.1 Å². The Morgan fingerprint density at radius 3 is 2.77 bits per heavy atom. The van der Waals surface area contributed by atoms with Gasteiger partial charge < -0.3 is 10.1 Å². The largest absolute Gasteiger partial charge is 0.480 e. The summed E-state index contributed by atoms with van der Waals surface area (Å²) in [7, 11) is 1.52. The van der Waals surface area contributed by atoms with Gasteiger partial charge in [0, 0.05) is 10.7 Å². The molecule has 1 heterocycles. The zero-order valence-electron chi connectivity index (χ0n) is 12.3. The van der Waals surface area contributed by atoms with Gasteiger partial charge in [0.05, 0.1) is 12.6 Å². The number of carbonyl (C=O) groups excluding carboxylic acids is 1. The van der Waals surface area contributed by atoms with Gasteiger partial charge in [-0.25, -0.2) is 4.98 Å². The first-order valence-corrected chi connectivity index (χ1v) is 8.01. The van der Waals surface area contributed by atoms with Crippen LogP contribution in [0, 0.1) is 0 Å². The summed E-state index contributed by atoms with van der Waals surface area (Å²) in [6, 6.07) is 11.6. The van der Waals surface area contributed by atoms with Crippen molar-refractivity contribution in [2.45, 2.75) is 24.8 Å². The van der Waals surface area contributed by atoms with Gasteiger partial charge in [-0.1, -0.05) is 28.1 Å². The molecule has 0 saturated heterocycles. The third-order valence-corrected chi connectivity index (χ3v) is 4.64. The summed E-state index contributed by atoms with van der Waals surface area (Å²) in [5.74, 6) is 0.202. The van der Waals surface area contributed by atoms with Gasteiger partial charge in [-0.15, -0.1) is 0 Å². The van der Waals surface area contributed by atoms with Crippen LogP contribution in [-0.2, 0) is 5.54 Å². The minimum atomic E-state index is -0.290. The quantitative estimate of drug-likeness (QED) is 0.904. The van der Waals surface area contributed by atoms with Crippen molar-refractivity contribution in [3.05, 3.63) is 58.2 Å². The number of pyridine rings is 1. The van der Waals surface area contributed by atoms with E-state index in [9.17, 15) is 4.79 Å². The number of hydrogen-bond acceptors (Lipinski definition) is 3. The lowest BCUT2D eigenvalue weighted by Crippen LogP contribution is -2.50. The molecule has 4 nitrogen and oxygen atoms in total. The summed E-state index contributed by atoms with van der Waals surface area (Å²) < 4.78 is 6.20. The third kappa shape index (κ3) is 2.73. The van der Waals surface area contributed by atoms with E-state index >= 15 is 0 Å². The normalized spacial score (nSPS) is 15.7. The number of ether oxygens (including phenoxy) is 1. The van der Waals surface area contributed by atoms with E-state index in [0.29, 0.717) is 11.4 Å². The lowest BCUT2D eigenvalue weighted by atomic mass is 9.71. The molecule has 1 aliphatic carbocycles. The number of hydrogen-bond donors (Lipinski definition) is 1. The fourth-order valence-electron chi connectivity index (χ4n) is 2.81. The van der Waals surface area contributed by atoms with E-state index in [4.69, 9.17) is 4.74 Å². The molecule has 1 amide bonds. The average Bonchev–Trinajstić information content (AvgIpc) is 2.50. The summed E-state index contributed by atoms with van der Waals surface area (Å²) in [4.78, 5) is 16.7. The number of nitrogens with zero attached hydrogens (tertiary/aromatic N) is 1. The van der Waals surface area contributed by atoms with E-state index in [2.05, 4.69) is 38.4 Å². The van der Waals surface area contributed by atoms with Crippen molar-refractivity contribution in [1.29, 1.82) is 0 Å². The topological polar surface area (TPSA) is 51.2 Å². The Labute approximate surface area is 138 Å². The number of methoxy groups -OCH3 is 1. The van der Waals surface area contributed by atoms with Crippen LogP contribution in [0.5, 0.6) is 5.88 Å². The molecule has 2 aromatic rings. The fourth-order valence-corrected chi connectivity index (χ4v) is 3.21. The van der Waals surface area contributed by atoms with Gasteiger partial charge in [0.25, 0.3) is 5.91 Å². The van der Waals surface area contributed by atoms with Crippen LogP contribution in [-0.4, -0.2) is 18.0 Å². The molecule has 22 heavy (non-hydrogen) atoms. The van der Waals surface area contributed by atoms with Crippen molar-refractivity contribution in [3.8, 4) is 5.88 Å². The molecule has 3 rings (SSSR count). The minimum Gasteiger partial charge on any atom is -0.480 e. The second kappa shape index (κ2) is 6.08. The predicted molar refractivity (Wildman–Crippen MR) is 87.9 cm³/mol.